The lowest BCUT2D eigenvalue weighted by Crippen LogP contribution is -2.28. The summed E-state index contributed by atoms with van der Waals surface area (Å²) in [6.45, 7) is 8.69. The molecule has 0 aliphatic carbocycles. The van der Waals surface area contributed by atoms with E-state index in [0.717, 1.165) is 47.2 Å². The number of rotatable bonds is 6. The second-order valence-corrected chi connectivity index (χ2v) is 7.76. The molecule has 0 spiro atoms. The normalized spacial score (nSPS) is 11.7. The highest BCUT2D eigenvalue weighted by molar-refractivity contribution is 14.1. The molecular formula is C27H34I2N4. The average Bonchev–Trinajstić information content (AvgIpc) is 2.84. The molecule has 0 amide bonds. The number of aromatic nitrogens is 1. The molecule has 1 aromatic heterocycles. The Morgan fingerprint density at radius 2 is 1.58 bits per heavy atom. The Labute approximate surface area is 228 Å². The standard InChI is InChI=1S/C26H30N4.CH3I.HI/c1-4-24(30(5-2)6-3)26-19(17-10-8-7-9-11-17)15-22(28)21-16-29-23-13-12-18(27)14-20(23)25(21)26;1-2;/h7-16,24H,4-6,27-28H2,1-3H3;1H3;1H. The van der Waals surface area contributed by atoms with Gasteiger partial charge in [-0.1, -0.05) is 73.7 Å². The topological polar surface area (TPSA) is 68.2 Å². The highest BCUT2D eigenvalue weighted by Crippen LogP contribution is 2.43. The maximum atomic E-state index is 6.59. The molecule has 4 nitrogen and oxygen atoms in total. The van der Waals surface area contributed by atoms with Crippen molar-refractivity contribution in [3.8, 4) is 11.1 Å². The summed E-state index contributed by atoms with van der Waals surface area (Å²) in [5.74, 6) is 0. The van der Waals surface area contributed by atoms with Crippen molar-refractivity contribution >= 4 is 79.6 Å². The van der Waals surface area contributed by atoms with Crippen LogP contribution in [0.1, 0.15) is 38.8 Å². The molecule has 4 N–H and O–H groups in total. The lowest BCUT2D eigenvalue weighted by Gasteiger charge is -2.32. The quantitative estimate of drug-likeness (QED) is 0.0958. The third kappa shape index (κ3) is 5.54. The number of fused-ring (bicyclic) bond motifs is 3. The van der Waals surface area contributed by atoms with Crippen LogP contribution in [0.4, 0.5) is 11.4 Å². The highest BCUT2D eigenvalue weighted by Gasteiger charge is 2.25. The van der Waals surface area contributed by atoms with Gasteiger partial charge in [-0.25, -0.2) is 0 Å². The van der Waals surface area contributed by atoms with E-state index in [1.165, 1.54) is 22.1 Å². The number of hydrogen-bond donors (Lipinski definition) is 2. The van der Waals surface area contributed by atoms with Crippen LogP contribution in [0.3, 0.4) is 0 Å². The van der Waals surface area contributed by atoms with Gasteiger partial charge in [0.05, 0.1) is 5.52 Å². The number of benzene rings is 3. The monoisotopic (exact) mass is 668 g/mol. The summed E-state index contributed by atoms with van der Waals surface area (Å²) in [5.41, 5.74) is 18.9. The second kappa shape index (κ2) is 12.7. The molecule has 0 aliphatic heterocycles. The Morgan fingerprint density at radius 1 is 0.909 bits per heavy atom. The van der Waals surface area contributed by atoms with Gasteiger partial charge in [0.15, 0.2) is 0 Å². The Bertz CT molecular complexity index is 1190. The number of nitrogen functional groups attached to an aromatic ring is 2. The summed E-state index contributed by atoms with van der Waals surface area (Å²) in [6, 6.07) is 18.9. The first-order valence-electron chi connectivity index (χ1n) is 11.2. The molecule has 0 radical (unpaired) electrons. The number of hydrogen-bond acceptors (Lipinski definition) is 4. The minimum Gasteiger partial charge on any atom is -0.399 e. The number of nitrogens with zero attached hydrogens (tertiary/aromatic N) is 2. The van der Waals surface area contributed by atoms with Crippen LogP contribution in [0.5, 0.6) is 0 Å². The van der Waals surface area contributed by atoms with Crippen molar-refractivity contribution in [2.24, 2.45) is 0 Å². The van der Waals surface area contributed by atoms with E-state index in [0.29, 0.717) is 0 Å². The fourth-order valence-corrected chi connectivity index (χ4v) is 4.68. The van der Waals surface area contributed by atoms with E-state index in [9.17, 15) is 0 Å². The van der Waals surface area contributed by atoms with Crippen LogP contribution >= 0.6 is 46.6 Å². The first-order chi connectivity index (χ1) is 15.6. The maximum Gasteiger partial charge on any atom is 0.0710 e. The number of halogens is 2. The lowest BCUT2D eigenvalue weighted by molar-refractivity contribution is 0.215. The molecule has 0 saturated heterocycles. The second-order valence-electron chi connectivity index (χ2n) is 7.76. The van der Waals surface area contributed by atoms with E-state index in [4.69, 9.17) is 11.5 Å². The number of alkyl halides is 1. The fourth-order valence-electron chi connectivity index (χ4n) is 4.68. The van der Waals surface area contributed by atoms with Crippen molar-refractivity contribution < 1.29 is 0 Å². The first kappa shape index (κ1) is 27.6. The number of pyridine rings is 1. The zero-order valence-electron chi connectivity index (χ0n) is 19.8. The van der Waals surface area contributed by atoms with Gasteiger partial charge in [-0.3, -0.25) is 9.88 Å². The van der Waals surface area contributed by atoms with Crippen LogP contribution < -0.4 is 11.5 Å². The van der Waals surface area contributed by atoms with Crippen molar-refractivity contribution in [3.05, 3.63) is 66.4 Å². The van der Waals surface area contributed by atoms with E-state index in [-0.39, 0.29) is 30.0 Å². The smallest absolute Gasteiger partial charge is 0.0710 e. The van der Waals surface area contributed by atoms with Gasteiger partial charge in [0.1, 0.15) is 0 Å². The summed E-state index contributed by atoms with van der Waals surface area (Å²) >= 11 is 2.15. The molecule has 0 fully saturated rings. The SMILES string of the molecule is CCC(c1c(-c2ccccc2)cc(N)c2cnc3ccc(N)cc3c12)N(CC)CC.CI.I. The van der Waals surface area contributed by atoms with Crippen molar-refractivity contribution in [1.29, 1.82) is 0 Å². The van der Waals surface area contributed by atoms with Crippen LogP contribution in [0, 0.1) is 0 Å². The summed E-state index contributed by atoms with van der Waals surface area (Å²) in [5, 5.41) is 3.23. The van der Waals surface area contributed by atoms with Gasteiger partial charge in [0, 0.05) is 39.8 Å². The van der Waals surface area contributed by atoms with Gasteiger partial charge >= 0.3 is 0 Å². The predicted molar refractivity (Wildman–Crippen MR) is 165 cm³/mol. The number of anilines is 2. The summed E-state index contributed by atoms with van der Waals surface area (Å²) in [7, 11) is 0. The minimum atomic E-state index is 0. The molecule has 0 saturated carbocycles. The van der Waals surface area contributed by atoms with Crippen LogP contribution in [0.15, 0.2) is 60.8 Å². The van der Waals surface area contributed by atoms with Crippen molar-refractivity contribution in [1.82, 2.24) is 9.88 Å². The Hall–Kier alpha value is -1.65. The molecule has 1 heterocycles. The Kier molecular flexibility index (Phi) is 10.6. The average molecular weight is 668 g/mol. The molecule has 0 aliphatic rings. The first-order valence-corrected chi connectivity index (χ1v) is 13.3. The van der Waals surface area contributed by atoms with E-state index in [1.807, 2.05) is 29.3 Å². The molecule has 6 heteroatoms. The molecule has 176 valence electrons. The molecule has 4 rings (SSSR count). The van der Waals surface area contributed by atoms with Gasteiger partial charge < -0.3 is 11.5 Å². The Balaban J connectivity index is 0.00000125. The zero-order valence-corrected chi connectivity index (χ0v) is 24.3. The van der Waals surface area contributed by atoms with Gasteiger partial charge in [-0.15, -0.1) is 24.0 Å². The molecule has 0 bridgehead atoms. The molecule has 1 atom stereocenters. The van der Waals surface area contributed by atoms with Crippen molar-refractivity contribution in [2.45, 2.75) is 33.2 Å². The van der Waals surface area contributed by atoms with E-state index in [2.05, 4.69) is 89.6 Å². The van der Waals surface area contributed by atoms with Crippen LogP contribution in [-0.4, -0.2) is 27.9 Å². The van der Waals surface area contributed by atoms with E-state index < -0.39 is 0 Å². The van der Waals surface area contributed by atoms with E-state index >= 15 is 0 Å². The minimum absolute atomic E-state index is 0. The molecule has 33 heavy (non-hydrogen) atoms. The fraction of sp³-hybridized carbons (Fsp3) is 0.296. The predicted octanol–water partition coefficient (Wildman–Crippen LogP) is 7.68. The van der Waals surface area contributed by atoms with Gasteiger partial charge in [0.25, 0.3) is 0 Å². The van der Waals surface area contributed by atoms with Gasteiger partial charge in [-0.2, -0.15) is 0 Å². The highest BCUT2D eigenvalue weighted by atomic mass is 127. The van der Waals surface area contributed by atoms with Crippen LogP contribution in [-0.2, 0) is 0 Å². The summed E-state index contributed by atoms with van der Waals surface area (Å²) in [6.07, 6.45) is 2.92. The zero-order chi connectivity index (χ0) is 23.3. The molecule has 1 unspecified atom stereocenters. The number of nitrogens with two attached hydrogens (primary N) is 2. The van der Waals surface area contributed by atoms with Crippen LogP contribution in [0.25, 0.3) is 32.8 Å². The van der Waals surface area contributed by atoms with Gasteiger partial charge in [-0.05, 0) is 65.4 Å². The third-order valence-electron chi connectivity index (χ3n) is 6.12. The maximum absolute atomic E-state index is 6.59. The molecular weight excluding hydrogens is 634 g/mol. The molecule has 3 aromatic carbocycles. The third-order valence-corrected chi connectivity index (χ3v) is 6.12. The summed E-state index contributed by atoms with van der Waals surface area (Å²) in [4.78, 5) is 9.17. The van der Waals surface area contributed by atoms with Crippen molar-refractivity contribution in [2.75, 3.05) is 29.5 Å². The van der Waals surface area contributed by atoms with Crippen LogP contribution in [0.2, 0.25) is 0 Å². The van der Waals surface area contributed by atoms with E-state index in [1.54, 1.807) is 0 Å². The largest absolute Gasteiger partial charge is 0.399 e. The summed E-state index contributed by atoms with van der Waals surface area (Å²) < 4.78 is 0. The molecule has 4 aromatic rings. The van der Waals surface area contributed by atoms with Gasteiger partial charge in [0.2, 0.25) is 0 Å². The Morgan fingerprint density at radius 3 is 2.18 bits per heavy atom. The lowest BCUT2D eigenvalue weighted by atomic mass is 9.86. The van der Waals surface area contributed by atoms with Crippen molar-refractivity contribution in [3.63, 3.8) is 0 Å².